The van der Waals surface area contributed by atoms with E-state index in [-0.39, 0.29) is 5.25 Å². The molecular weight excluding hydrogens is 325 g/mol. The summed E-state index contributed by atoms with van der Waals surface area (Å²) in [6, 6.07) is 13.4. The molecule has 0 aliphatic rings. The van der Waals surface area contributed by atoms with E-state index >= 15 is 0 Å². The number of hydrogen-bond donors (Lipinski definition) is 1. The summed E-state index contributed by atoms with van der Waals surface area (Å²) in [5.74, 6) is 0.394. The van der Waals surface area contributed by atoms with E-state index in [0.717, 1.165) is 23.1 Å². The molecule has 0 heterocycles. The standard InChI is InChI=1S/C16H15Cl2NOS/c1-19-15-7-6-11(17)10-13(15)16(21-9-8-20)12-4-2-3-5-14(12)18/h2-8,10,16,19H,9H2,1H3/t16-/m1/s1. The number of aldehydes is 1. The van der Waals surface area contributed by atoms with Gasteiger partial charge in [0.25, 0.3) is 0 Å². The minimum Gasteiger partial charge on any atom is -0.388 e. The second-order valence-corrected chi connectivity index (χ2v) is 6.36. The molecule has 5 heteroatoms. The van der Waals surface area contributed by atoms with E-state index in [4.69, 9.17) is 23.2 Å². The summed E-state index contributed by atoms with van der Waals surface area (Å²) in [6.07, 6.45) is 0.901. The predicted molar refractivity (Wildman–Crippen MR) is 92.8 cm³/mol. The van der Waals surface area contributed by atoms with E-state index in [9.17, 15) is 4.79 Å². The minimum atomic E-state index is -0.0509. The Morgan fingerprint density at radius 2 is 1.95 bits per heavy atom. The van der Waals surface area contributed by atoms with Crippen LogP contribution < -0.4 is 5.32 Å². The van der Waals surface area contributed by atoms with Crippen LogP contribution in [0.1, 0.15) is 16.4 Å². The van der Waals surface area contributed by atoms with E-state index < -0.39 is 0 Å². The van der Waals surface area contributed by atoms with Crippen molar-refractivity contribution in [1.82, 2.24) is 0 Å². The normalized spacial score (nSPS) is 12.0. The number of nitrogens with one attached hydrogen (secondary N) is 1. The van der Waals surface area contributed by atoms with Gasteiger partial charge in [-0.2, -0.15) is 0 Å². The van der Waals surface area contributed by atoms with Crippen molar-refractivity contribution >= 4 is 46.9 Å². The lowest BCUT2D eigenvalue weighted by Gasteiger charge is -2.21. The van der Waals surface area contributed by atoms with Crippen molar-refractivity contribution in [3.05, 3.63) is 63.6 Å². The molecular formula is C16H15Cl2NOS. The van der Waals surface area contributed by atoms with E-state index in [1.165, 1.54) is 11.8 Å². The van der Waals surface area contributed by atoms with Crippen LogP contribution >= 0.6 is 35.0 Å². The molecule has 0 saturated carbocycles. The topological polar surface area (TPSA) is 29.1 Å². The lowest BCUT2D eigenvalue weighted by atomic mass is 10.0. The number of carbonyl (C=O) groups is 1. The highest BCUT2D eigenvalue weighted by Gasteiger charge is 2.20. The highest BCUT2D eigenvalue weighted by Crippen LogP contribution is 2.42. The molecule has 0 aliphatic carbocycles. The van der Waals surface area contributed by atoms with Crippen LogP contribution in [0, 0.1) is 0 Å². The summed E-state index contributed by atoms with van der Waals surface area (Å²) in [7, 11) is 1.86. The molecule has 2 nitrogen and oxygen atoms in total. The number of benzene rings is 2. The number of hydrogen-bond acceptors (Lipinski definition) is 3. The molecule has 0 unspecified atom stereocenters. The van der Waals surface area contributed by atoms with Gasteiger partial charge in [-0.3, -0.25) is 0 Å². The van der Waals surface area contributed by atoms with E-state index in [1.54, 1.807) is 0 Å². The quantitative estimate of drug-likeness (QED) is 0.746. The van der Waals surface area contributed by atoms with Gasteiger partial charge in [-0.05, 0) is 35.4 Å². The van der Waals surface area contributed by atoms with Crippen LogP contribution in [0.25, 0.3) is 0 Å². The monoisotopic (exact) mass is 339 g/mol. The molecule has 1 atom stereocenters. The minimum absolute atomic E-state index is 0.0509. The van der Waals surface area contributed by atoms with Crippen molar-refractivity contribution in [1.29, 1.82) is 0 Å². The second kappa shape index (κ2) is 7.74. The van der Waals surface area contributed by atoms with E-state index in [0.29, 0.717) is 15.8 Å². The van der Waals surface area contributed by atoms with Gasteiger partial charge >= 0.3 is 0 Å². The molecule has 0 amide bonds. The average Bonchev–Trinajstić information content (AvgIpc) is 2.49. The third-order valence-corrected chi connectivity index (χ3v) is 4.83. The van der Waals surface area contributed by atoms with Crippen molar-refractivity contribution in [2.45, 2.75) is 5.25 Å². The zero-order valence-electron chi connectivity index (χ0n) is 11.5. The molecule has 1 N–H and O–H groups in total. The molecule has 2 rings (SSSR count). The fraction of sp³-hybridized carbons (Fsp3) is 0.188. The fourth-order valence-electron chi connectivity index (χ4n) is 2.15. The summed E-state index contributed by atoms with van der Waals surface area (Å²) in [5.41, 5.74) is 2.97. The Morgan fingerprint density at radius 3 is 2.62 bits per heavy atom. The third-order valence-electron chi connectivity index (χ3n) is 3.08. The zero-order valence-corrected chi connectivity index (χ0v) is 13.8. The highest BCUT2D eigenvalue weighted by molar-refractivity contribution is 8.00. The van der Waals surface area contributed by atoms with Crippen LogP contribution in [-0.2, 0) is 4.79 Å². The van der Waals surface area contributed by atoms with Gasteiger partial charge in [0.1, 0.15) is 6.29 Å². The average molecular weight is 340 g/mol. The second-order valence-electron chi connectivity index (χ2n) is 4.38. The van der Waals surface area contributed by atoms with Gasteiger partial charge in [-0.1, -0.05) is 41.4 Å². The maximum atomic E-state index is 10.8. The fourth-order valence-corrected chi connectivity index (χ4v) is 3.67. The Morgan fingerprint density at radius 1 is 1.19 bits per heavy atom. The molecule has 0 aromatic heterocycles. The first-order valence-corrected chi connectivity index (χ1v) is 8.24. The summed E-state index contributed by atoms with van der Waals surface area (Å²) in [5, 5.41) is 4.46. The Balaban J connectivity index is 2.52. The molecule has 0 radical (unpaired) electrons. The third kappa shape index (κ3) is 3.94. The van der Waals surface area contributed by atoms with Crippen LogP contribution in [0.2, 0.25) is 10.0 Å². The number of anilines is 1. The molecule has 0 fully saturated rings. The Hall–Kier alpha value is -1.16. The molecule has 0 spiro atoms. The van der Waals surface area contributed by atoms with Gasteiger partial charge in [-0.25, -0.2) is 0 Å². The highest BCUT2D eigenvalue weighted by atomic mass is 35.5. The summed E-state index contributed by atoms with van der Waals surface area (Å²) >= 11 is 14.0. The van der Waals surface area contributed by atoms with Crippen LogP contribution in [-0.4, -0.2) is 19.1 Å². The summed E-state index contributed by atoms with van der Waals surface area (Å²) in [6.45, 7) is 0. The molecule has 0 bridgehead atoms. The summed E-state index contributed by atoms with van der Waals surface area (Å²) < 4.78 is 0. The maximum Gasteiger partial charge on any atom is 0.129 e. The van der Waals surface area contributed by atoms with Gasteiger partial charge in [-0.15, -0.1) is 11.8 Å². The largest absolute Gasteiger partial charge is 0.388 e. The van der Waals surface area contributed by atoms with Gasteiger partial charge in [0.15, 0.2) is 0 Å². The van der Waals surface area contributed by atoms with Crippen molar-refractivity contribution in [3.63, 3.8) is 0 Å². The van der Waals surface area contributed by atoms with Crippen LogP contribution in [0.5, 0.6) is 0 Å². The van der Waals surface area contributed by atoms with Crippen molar-refractivity contribution in [3.8, 4) is 0 Å². The van der Waals surface area contributed by atoms with Gasteiger partial charge in [0, 0.05) is 22.8 Å². The Kier molecular flexibility index (Phi) is 5.97. The predicted octanol–water partition coefficient (Wildman–Crippen LogP) is 5.06. The first kappa shape index (κ1) is 16.2. The molecule has 2 aromatic rings. The Bertz CT molecular complexity index is 633. The SMILES string of the molecule is CNc1ccc(Cl)cc1[C@H](SCC=O)c1ccccc1Cl. The van der Waals surface area contributed by atoms with E-state index in [2.05, 4.69) is 5.32 Å². The van der Waals surface area contributed by atoms with Gasteiger partial charge in [0.05, 0.1) is 11.0 Å². The lowest BCUT2D eigenvalue weighted by molar-refractivity contribution is -0.105. The maximum absolute atomic E-state index is 10.8. The molecule has 110 valence electrons. The zero-order chi connectivity index (χ0) is 15.2. The van der Waals surface area contributed by atoms with Crippen LogP contribution in [0.4, 0.5) is 5.69 Å². The van der Waals surface area contributed by atoms with Crippen molar-refractivity contribution in [2.75, 3.05) is 18.1 Å². The molecule has 0 saturated heterocycles. The number of rotatable bonds is 6. The van der Waals surface area contributed by atoms with Crippen molar-refractivity contribution in [2.24, 2.45) is 0 Å². The molecule has 21 heavy (non-hydrogen) atoms. The van der Waals surface area contributed by atoms with Crippen LogP contribution in [0.3, 0.4) is 0 Å². The smallest absolute Gasteiger partial charge is 0.129 e. The number of carbonyl (C=O) groups excluding carboxylic acids is 1. The van der Waals surface area contributed by atoms with Crippen LogP contribution in [0.15, 0.2) is 42.5 Å². The molecule has 0 aliphatic heterocycles. The van der Waals surface area contributed by atoms with Gasteiger partial charge < -0.3 is 10.1 Å². The Labute approximate surface area is 138 Å². The molecule has 2 aromatic carbocycles. The number of thioether (sulfide) groups is 1. The summed E-state index contributed by atoms with van der Waals surface area (Å²) in [4.78, 5) is 10.8. The van der Waals surface area contributed by atoms with Gasteiger partial charge in [0.2, 0.25) is 0 Å². The van der Waals surface area contributed by atoms with E-state index in [1.807, 2.05) is 49.5 Å². The van der Waals surface area contributed by atoms with Crippen molar-refractivity contribution < 1.29 is 4.79 Å². The first-order chi connectivity index (χ1) is 10.2. The number of halogens is 2. The first-order valence-electron chi connectivity index (χ1n) is 6.44. The lowest BCUT2D eigenvalue weighted by Crippen LogP contribution is -2.04.